The number of rotatable bonds is 5. The monoisotopic (exact) mass is 491 g/mol. The third-order valence-corrected chi connectivity index (χ3v) is 9.43. The molecule has 1 atom stereocenters. The van der Waals surface area contributed by atoms with E-state index in [4.69, 9.17) is 9.47 Å². The first kappa shape index (κ1) is 21.4. The maximum Gasteiger partial charge on any atom is 0.253 e. The van der Waals surface area contributed by atoms with Crippen molar-refractivity contribution in [1.29, 1.82) is 0 Å². The van der Waals surface area contributed by atoms with Crippen LogP contribution in [0.5, 0.6) is 11.5 Å². The Morgan fingerprint density at radius 3 is 2.78 bits per heavy atom. The lowest BCUT2D eigenvalue weighted by Gasteiger charge is -2.32. The van der Waals surface area contributed by atoms with E-state index in [-0.39, 0.29) is 10.1 Å². The first-order valence-electron chi connectivity index (χ1n) is 10.2. The first-order valence-corrected chi connectivity index (χ1v) is 13.4. The van der Waals surface area contributed by atoms with E-state index in [1.807, 2.05) is 23.6 Å². The van der Waals surface area contributed by atoms with Crippen molar-refractivity contribution in [3.8, 4) is 22.8 Å². The molecule has 0 spiro atoms. The highest BCUT2D eigenvalue weighted by Crippen LogP contribution is 2.35. The van der Waals surface area contributed by atoms with Crippen LogP contribution in [-0.4, -0.2) is 49.4 Å². The number of aromatic nitrogens is 1. The van der Waals surface area contributed by atoms with Gasteiger partial charge in [-0.2, -0.15) is 4.31 Å². The normalized spacial score (nSPS) is 18.9. The number of thiazole rings is 1. The number of fused-ring (bicyclic) bond motifs is 1. The second-order valence-corrected chi connectivity index (χ2v) is 11.4. The molecule has 1 N–H and O–H groups in total. The smallest absolute Gasteiger partial charge is 0.253 e. The molecule has 5 rings (SSSR count). The molecule has 4 heterocycles. The molecule has 11 heteroatoms. The minimum Gasteiger partial charge on any atom is -0.486 e. The summed E-state index contributed by atoms with van der Waals surface area (Å²) >= 11 is 2.46. The highest BCUT2D eigenvalue weighted by Gasteiger charge is 2.38. The zero-order chi connectivity index (χ0) is 22.1. The Kier molecular flexibility index (Phi) is 5.89. The van der Waals surface area contributed by atoms with Gasteiger partial charge in [-0.15, -0.1) is 22.7 Å². The highest BCUT2D eigenvalue weighted by molar-refractivity contribution is 7.91. The molecule has 168 valence electrons. The number of benzene rings is 1. The predicted molar refractivity (Wildman–Crippen MR) is 123 cm³/mol. The molecule has 2 aliphatic heterocycles. The van der Waals surface area contributed by atoms with Crippen LogP contribution >= 0.6 is 22.7 Å². The van der Waals surface area contributed by atoms with Crippen LogP contribution in [0.3, 0.4) is 0 Å². The van der Waals surface area contributed by atoms with E-state index in [9.17, 15) is 13.2 Å². The van der Waals surface area contributed by atoms with Crippen molar-refractivity contribution in [3.63, 3.8) is 0 Å². The van der Waals surface area contributed by atoms with Crippen molar-refractivity contribution in [2.45, 2.75) is 29.5 Å². The van der Waals surface area contributed by atoms with Gasteiger partial charge in [0.25, 0.3) is 10.0 Å². The minimum atomic E-state index is -3.70. The van der Waals surface area contributed by atoms with E-state index in [1.54, 1.807) is 17.5 Å². The lowest BCUT2D eigenvalue weighted by atomic mass is 10.0. The summed E-state index contributed by atoms with van der Waals surface area (Å²) in [4.78, 5) is 17.6. The van der Waals surface area contributed by atoms with Crippen LogP contribution in [0.2, 0.25) is 0 Å². The summed E-state index contributed by atoms with van der Waals surface area (Å²) in [5.74, 6) is 1.02. The van der Waals surface area contributed by atoms with Crippen molar-refractivity contribution in [1.82, 2.24) is 9.29 Å². The van der Waals surface area contributed by atoms with Crippen LogP contribution in [0, 0.1) is 0 Å². The predicted octanol–water partition coefficient (Wildman–Crippen LogP) is 3.82. The summed E-state index contributed by atoms with van der Waals surface area (Å²) in [7, 11) is -3.70. The molecule has 1 unspecified atom stereocenters. The number of hydrogen-bond donors (Lipinski definition) is 1. The Labute approximate surface area is 193 Å². The van der Waals surface area contributed by atoms with Gasteiger partial charge in [0, 0.05) is 17.5 Å². The molecule has 2 aromatic heterocycles. The number of anilines is 1. The molecule has 32 heavy (non-hydrogen) atoms. The number of hydrogen-bond acceptors (Lipinski definition) is 8. The van der Waals surface area contributed by atoms with Crippen LogP contribution in [0.4, 0.5) is 5.13 Å². The number of nitrogens with one attached hydrogen (secondary N) is 1. The Morgan fingerprint density at radius 2 is 1.97 bits per heavy atom. The number of nitrogens with zero attached hydrogens (tertiary/aromatic N) is 2. The van der Waals surface area contributed by atoms with Gasteiger partial charge in [-0.25, -0.2) is 13.4 Å². The molecular weight excluding hydrogens is 470 g/mol. The van der Waals surface area contributed by atoms with E-state index in [0.717, 1.165) is 29.7 Å². The number of piperidine rings is 1. The molecule has 1 fully saturated rings. The summed E-state index contributed by atoms with van der Waals surface area (Å²) in [5.41, 5.74) is 1.56. The first-order chi connectivity index (χ1) is 15.5. The van der Waals surface area contributed by atoms with Crippen LogP contribution in [0.25, 0.3) is 11.3 Å². The van der Waals surface area contributed by atoms with Crippen molar-refractivity contribution in [3.05, 3.63) is 41.1 Å². The van der Waals surface area contributed by atoms with Crippen LogP contribution < -0.4 is 14.8 Å². The molecule has 8 nitrogen and oxygen atoms in total. The van der Waals surface area contributed by atoms with E-state index in [0.29, 0.717) is 48.5 Å². The molecule has 0 saturated carbocycles. The number of thiophene rings is 1. The molecule has 1 amide bonds. The topological polar surface area (TPSA) is 97.8 Å². The number of carbonyl (C=O) groups is 1. The third kappa shape index (κ3) is 4.13. The summed E-state index contributed by atoms with van der Waals surface area (Å²) in [6.07, 6.45) is 2.02. The standard InChI is InChI=1S/C21H21N3O5S3/c25-20(16-4-1-2-8-24(16)32(26,27)19-5-3-11-30-19)23-21-22-15(13-31-21)14-6-7-17-18(12-14)29-10-9-28-17/h3,5-7,11-13,16H,1-2,4,8-10H2,(H,22,23,25). The van der Waals surface area contributed by atoms with Gasteiger partial charge >= 0.3 is 0 Å². The van der Waals surface area contributed by atoms with E-state index in [2.05, 4.69) is 10.3 Å². The van der Waals surface area contributed by atoms with Crippen LogP contribution in [0.15, 0.2) is 45.3 Å². The summed E-state index contributed by atoms with van der Waals surface area (Å²) in [5, 5.41) is 6.82. The zero-order valence-corrected chi connectivity index (χ0v) is 19.5. The molecule has 3 aromatic rings. The molecule has 0 aliphatic carbocycles. The van der Waals surface area contributed by atoms with Crippen LogP contribution in [-0.2, 0) is 14.8 Å². The third-order valence-electron chi connectivity index (χ3n) is 5.39. The van der Waals surface area contributed by atoms with Gasteiger partial charge in [-0.05, 0) is 42.5 Å². The van der Waals surface area contributed by atoms with Gasteiger partial charge in [0.2, 0.25) is 5.91 Å². The number of ether oxygens (including phenoxy) is 2. The molecular formula is C21H21N3O5S3. The molecule has 1 aromatic carbocycles. The molecule has 1 saturated heterocycles. The van der Waals surface area contributed by atoms with Crippen molar-refractivity contribution in [2.24, 2.45) is 0 Å². The average molecular weight is 492 g/mol. The lowest BCUT2D eigenvalue weighted by Crippen LogP contribution is -2.49. The van der Waals surface area contributed by atoms with Crippen LogP contribution in [0.1, 0.15) is 19.3 Å². The van der Waals surface area contributed by atoms with Gasteiger partial charge < -0.3 is 14.8 Å². The van der Waals surface area contributed by atoms with Gasteiger partial charge in [0.05, 0.1) is 5.69 Å². The average Bonchev–Trinajstić information content (AvgIpc) is 3.52. The zero-order valence-electron chi connectivity index (χ0n) is 17.0. The second kappa shape index (κ2) is 8.81. The Balaban J connectivity index is 1.33. The van der Waals surface area contributed by atoms with Gasteiger partial charge in [0.15, 0.2) is 16.6 Å². The minimum absolute atomic E-state index is 0.257. The summed E-state index contributed by atoms with van der Waals surface area (Å²) < 4.78 is 38.9. The van der Waals surface area contributed by atoms with Gasteiger partial charge in [-0.3, -0.25) is 4.79 Å². The number of carbonyl (C=O) groups excluding carboxylic acids is 1. The van der Waals surface area contributed by atoms with Gasteiger partial charge in [0.1, 0.15) is 23.5 Å². The van der Waals surface area contributed by atoms with Crippen molar-refractivity contribution < 1.29 is 22.7 Å². The summed E-state index contributed by atoms with van der Waals surface area (Å²) in [6, 6.07) is 8.13. The summed E-state index contributed by atoms with van der Waals surface area (Å²) in [6.45, 7) is 1.36. The highest BCUT2D eigenvalue weighted by atomic mass is 32.2. The molecule has 0 radical (unpaired) electrons. The maximum absolute atomic E-state index is 13.0. The Morgan fingerprint density at radius 1 is 1.12 bits per heavy atom. The fourth-order valence-electron chi connectivity index (χ4n) is 3.84. The molecule has 2 aliphatic rings. The SMILES string of the molecule is O=C(Nc1nc(-c2ccc3c(c2)OCCO3)cs1)C1CCCCN1S(=O)(=O)c1cccs1. The second-order valence-electron chi connectivity index (χ2n) is 7.45. The van der Waals surface area contributed by atoms with Crippen molar-refractivity contribution in [2.75, 3.05) is 25.1 Å². The fourth-order valence-corrected chi connectivity index (χ4v) is 7.33. The van der Waals surface area contributed by atoms with E-state index in [1.165, 1.54) is 15.6 Å². The lowest BCUT2D eigenvalue weighted by molar-refractivity contribution is -0.120. The molecule has 0 bridgehead atoms. The van der Waals surface area contributed by atoms with E-state index < -0.39 is 16.1 Å². The largest absolute Gasteiger partial charge is 0.486 e. The van der Waals surface area contributed by atoms with Crippen molar-refractivity contribution >= 4 is 43.7 Å². The quantitative estimate of drug-likeness (QED) is 0.583. The Bertz CT molecular complexity index is 1220. The fraction of sp³-hybridized carbons (Fsp3) is 0.333. The number of amides is 1. The Hall–Kier alpha value is -2.47. The van der Waals surface area contributed by atoms with Gasteiger partial charge in [-0.1, -0.05) is 12.5 Å². The maximum atomic E-state index is 13.0. The number of sulfonamides is 1. The van der Waals surface area contributed by atoms with E-state index >= 15 is 0 Å².